The summed E-state index contributed by atoms with van der Waals surface area (Å²) in [6.45, 7) is 5.72. The Morgan fingerprint density at radius 1 is 1.10 bits per heavy atom. The summed E-state index contributed by atoms with van der Waals surface area (Å²) in [6.07, 6.45) is 5.99. The first kappa shape index (κ1) is 20.4. The van der Waals surface area contributed by atoms with Crippen LogP contribution >= 0.6 is 0 Å². The number of ether oxygens (including phenoxy) is 1. The molecule has 7 heteroatoms. The van der Waals surface area contributed by atoms with Crippen molar-refractivity contribution in [3.63, 3.8) is 0 Å². The van der Waals surface area contributed by atoms with Crippen molar-refractivity contribution in [3.8, 4) is 11.6 Å². The molecule has 0 saturated carbocycles. The van der Waals surface area contributed by atoms with Gasteiger partial charge in [-0.15, -0.1) is 0 Å². The molecule has 0 aliphatic rings. The average Bonchev–Trinajstić information content (AvgIpc) is 3.26. The van der Waals surface area contributed by atoms with Crippen molar-refractivity contribution in [2.45, 2.75) is 26.7 Å². The van der Waals surface area contributed by atoms with Crippen LogP contribution in [0.25, 0.3) is 5.82 Å². The Labute approximate surface area is 171 Å². The summed E-state index contributed by atoms with van der Waals surface area (Å²) in [5.41, 5.74) is 0.612. The number of hydrogen-bond donors (Lipinski definition) is 2. The predicted molar refractivity (Wildman–Crippen MR) is 114 cm³/mol. The standard InChI is InChI=1S/C22H27N5O2/c1-3-4-15-29-19-9-7-18(8-10-19)22(28)24-12-11-23-20-16-21(26-17(2)25-20)27-13-5-6-14-27/h5-10,13-14,16H,3-4,11-12,15H2,1-2H3,(H,24,28)(H,23,25,26). The van der Waals surface area contributed by atoms with Gasteiger partial charge in [-0.25, -0.2) is 9.97 Å². The number of carbonyl (C=O) groups excluding carboxylic acids is 1. The molecule has 152 valence electrons. The molecular formula is C22H27N5O2. The van der Waals surface area contributed by atoms with Gasteiger partial charge in [0.05, 0.1) is 6.61 Å². The van der Waals surface area contributed by atoms with Gasteiger partial charge in [-0.05, 0) is 49.7 Å². The summed E-state index contributed by atoms with van der Waals surface area (Å²) < 4.78 is 7.55. The molecular weight excluding hydrogens is 366 g/mol. The van der Waals surface area contributed by atoms with E-state index in [0.29, 0.717) is 31.1 Å². The first-order valence-electron chi connectivity index (χ1n) is 9.89. The number of aryl methyl sites for hydroxylation is 1. The monoisotopic (exact) mass is 393 g/mol. The van der Waals surface area contributed by atoms with E-state index in [-0.39, 0.29) is 5.91 Å². The van der Waals surface area contributed by atoms with E-state index in [9.17, 15) is 4.79 Å². The van der Waals surface area contributed by atoms with E-state index in [2.05, 4.69) is 27.5 Å². The molecule has 0 radical (unpaired) electrons. The molecule has 7 nitrogen and oxygen atoms in total. The highest BCUT2D eigenvalue weighted by molar-refractivity contribution is 5.94. The minimum atomic E-state index is -0.112. The highest BCUT2D eigenvalue weighted by atomic mass is 16.5. The fourth-order valence-electron chi connectivity index (χ4n) is 2.77. The SMILES string of the molecule is CCCCOc1ccc(C(=O)NCCNc2cc(-n3cccc3)nc(C)n2)cc1. The van der Waals surface area contributed by atoms with Gasteiger partial charge in [0.2, 0.25) is 0 Å². The molecule has 0 spiro atoms. The lowest BCUT2D eigenvalue weighted by molar-refractivity contribution is 0.0955. The zero-order chi connectivity index (χ0) is 20.5. The van der Waals surface area contributed by atoms with Crippen LogP contribution in [-0.2, 0) is 0 Å². The van der Waals surface area contributed by atoms with Crippen LogP contribution in [0.1, 0.15) is 35.9 Å². The molecule has 0 atom stereocenters. The Balaban J connectivity index is 1.46. The lowest BCUT2D eigenvalue weighted by Gasteiger charge is -2.10. The smallest absolute Gasteiger partial charge is 0.251 e. The molecule has 3 rings (SSSR count). The van der Waals surface area contributed by atoms with Crippen LogP contribution in [0.2, 0.25) is 0 Å². The Morgan fingerprint density at radius 3 is 2.59 bits per heavy atom. The Hall–Kier alpha value is -3.35. The molecule has 1 aromatic carbocycles. The van der Waals surface area contributed by atoms with Crippen molar-refractivity contribution in [1.29, 1.82) is 0 Å². The largest absolute Gasteiger partial charge is 0.494 e. The van der Waals surface area contributed by atoms with E-state index in [1.54, 1.807) is 12.1 Å². The van der Waals surface area contributed by atoms with Crippen LogP contribution in [-0.4, -0.2) is 40.1 Å². The van der Waals surface area contributed by atoms with Crippen molar-refractivity contribution in [3.05, 3.63) is 66.2 Å². The maximum absolute atomic E-state index is 12.3. The van der Waals surface area contributed by atoms with Gasteiger partial charge in [-0.2, -0.15) is 0 Å². The number of hydrogen-bond acceptors (Lipinski definition) is 5. The summed E-state index contributed by atoms with van der Waals surface area (Å²) in [4.78, 5) is 21.1. The first-order valence-corrected chi connectivity index (χ1v) is 9.89. The highest BCUT2D eigenvalue weighted by Gasteiger charge is 2.06. The second-order valence-corrected chi connectivity index (χ2v) is 6.66. The lowest BCUT2D eigenvalue weighted by atomic mass is 10.2. The molecule has 2 aromatic heterocycles. The van der Waals surface area contributed by atoms with Gasteiger partial charge in [0, 0.05) is 37.1 Å². The van der Waals surface area contributed by atoms with E-state index >= 15 is 0 Å². The first-order chi connectivity index (χ1) is 14.2. The minimum Gasteiger partial charge on any atom is -0.494 e. The second-order valence-electron chi connectivity index (χ2n) is 6.66. The number of anilines is 1. The van der Waals surface area contributed by atoms with Crippen LogP contribution in [0.5, 0.6) is 5.75 Å². The average molecular weight is 393 g/mol. The van der Waals surface area contributed by atoms with E-state index < -0.39 is 0 Å². The van der Waals surface area contributed by atoms with Gasteiger partial charge in [-0.3, -0.25) is 4.79 Å². The Kier molecular flexibility index (Phi) is 7.22. The van der Waals surface area contributed by atoms with Gasteiger partial charge in [0.25, 0.3) is 5.91 Å². The molecule has 0 unspecified atom stereocenters. The molecule has 3 aromatic rings. The summed E-state index contributed by atoms with van der Waals surface area (Å²) in [7, 11) is 0. The van der Waals surface area contributed by atoms with Gasteiger partial charge in [0.15, 0.2) is 0 Å². The van der Waals surface area contributed by atoms with E-state index in [1.165, 1.54) is 0 Å². The highest BCUT2D eigenvalue weighted by Crippen LogP contribution is 2.13. The quantitative estimate of drug-likeness (QED) is 0.515. The maximum Gasteiger partial charge on any atom is 0.251 e. The third kappa shape index (κ3) is 6.07. The van der Waals surface area contributed by atoms with Gasteiger partial charge >= 0.3 is 0 Å². The fourth-order valence-corrected chi connectivity index (χ4v) is 2.77. The van der Waals surface area contributed by atoms with Gasteiger partial charge < -0.3 is 19.9 Å². The van der Waals surface area contributed by atoms with Crippen LogP contribution < -0.4 is 15.4 Å². The number of aromatic nitrogens is 3. The molecule has 2 heterocycles. The van der Waals surface area contributed by atoms with Gasteiger partial charge in [0.1, 0.15) is 23.2 Å². The third-order valence-electron chi connectivity index (χ3n) is 4.29. The minimum absolute atomic E-state index is 0.112. The number of nitrogens with zero attached hydrogens (tertiary/aromatic N) is 3. The summed E-state index contributed by atoms with van der Waals surface area (Å²) in [5, 5.41) is 6.14. The number of amides is 1. The van der Waals surface area contributed by atoms with Crippen molar-refractivity contribution in [2.24, 2.45) is 0 Å². The number of benzene rings is 1. The van der Waals surface area contributed by atoms with Crippen molar-refractivity contribution < 1.29 is 9.53 Å². The molecule has 0 saturated heterocycles. The second kappa shape index (κ2) is 10.3. The zero-order valence-corrected chi connectivity index (χ0v) is 16.9. The van der Waals surface area contributed by atoms with Crippen molar-refractivity contribution >= 4 is 11.7 Å². The molecule has 0 aliphatic carbocycles. The third-order valence-corrected chi connectivity index (χ3v) is 4.29. The molecule has 0 bridgehead atoms. The van der Waals surface area contributed by atoms with Crippen LogP contribution in [0.3, 0.4) is 0 Å². The topological polar surface area (TPSA) is 81.1 Å². The summed E-state index contributed by atoms with van der Waals surface area (Å²) in [5.74, 6) is 2.89. The fraction of sp³-hybridized carbons (Fsp3) is 0.318. The molecule has 2 N–H and O–H groups in total. The summed E-state index contributed by atoms with van der Waals surface area (Å²) >= 11 is 0. The molecule has 29 heavy (non-hydrogen) atoms. The normalized spacial score (nSPS) is 10.6. The predicted octanol–water partition coefficient (Wildman–Crippen LogP) is 3.60. The van der Waals surface area contributed by atoms with Crippen LogP contribution in [0, 0.1) is 6.92 Å². The van der Waals surface area contributed by atoms with Gasteiger partial charge in [-0.1, -0.05) is 13.3 Å². The molecule has 0 fully saturated rings. The number of carbonyl (C=O) groups is 1. The maximum atomic E-state index is 12.3. The Morgan fingerprint density at radius 2 is 1.86 bits per heavy atom. The number of unbranched alkanes of at least 4 members (excludes halogenated alkanes) is 1. The van der Waals surface area contributed by atoms with Crippen LogP contribution in [0.15, 0.2) is 54.9 Å². The van der Waals surface area contributed by atoms with Crippen molar-refractivity contribution in [1.82, 2.24) is 19.9 Å². The van der Waals surface area contributed by atoms with E-state index in [0.717, 1.165) is 30.2 Å². The van der Waals surface area contributed by atoms with Crippen molar-refractivity contribution in [2.75, 3.05) is 25.0 Å². The summed E-state index contributed by atoms with van der Waals surface area (Å²) in [6, 6.07) is 13.0. The van der Waals surface area contributed by atoms with E-state index in [1.807, 2.05) is 54.2 Å². The number of nitrogens with one attached hydrogen (secondary N) is 2. The zero-order valence-electron chi connectivity index (χ0n) is 16.9. The molecule has 1 amide bonds. The lowest BCUT2D eigenvalue weighted by Crippen LogP contribution is -2.28. The van der Waals surface area contributed by atoms with Crippen LogP contribution in [0.4, 0.5) is 5.82 Å². The van der Waals surface area contributed by atoms with E-state index in [4.69, 9.17) is 4.74 Å². The Bertz CT molecular complexity index is 907. The molecule has 0 aliphatic heterocycles. The number of rotatable bonds is 10.